The molecule has 3 heteroatoms. The van der Waals surface area contributed by atoms with Crippen molar-refractivity contribution in [2.24, 2.45) is 0 Å². The fourth-order valence-electron chi connectivity index (χ4n) is 1.78. The lowest BCUT2D eigenvalue weighted by Gasteiger charge is -2.14. The molecule has 0 amide bonds. The smallest absolute Gasteiger partial charge is 0.320 e. The summed E-state index contributed by atoms with van der Waals surface area (Å²) in [6, 6.07) is 8.23. The Bertz CT molecular complexity index is 395. The standard InChI is InChI=1S/C13H16O2S.C2H6/c1-9-4-6-10(7-5-9)16-11-8-13(2,3)15-12(11)14;1-2/h4-7,11H,8H2,1-3H3;1-2H3. The van der Waals surface area contributed by atoms with Gasteiger partial charge in [-0.3, -0.25) is 4.79 Å². The fourth-order valence-corrected chi connectivity index (χ4v) is 3.03. The molecule has 1 unspecified atom stereocenters. The van der Waals surface area contributed by atoms with Crippen molar-refractivity contribution in [2.45, 2.75) is 56.8 Å². The minimum atomic E-state index is -0.306. The van der Waals surface area contributed by atoms with Gasteiger partial charge in [0.15, 0.2) is 0 Å². The third-order valence-electron chi connectivity index (χ3n) is 2.62. The number of carbonyl (C=O) groups is 1. The summed E-state index contributed by atoms with van der Waals surface area (Å²) in [4.78, 5) is 12.7. The highest BCUT2D eigenvalue weighted by atomic mass is 32.2. The van der Waals surface area contributed by atoms with Gasteiger partial charge in [-0.15, -0.1) is 11.8 Å². The lowest BCUT2D eigenvalue weighted by Crippen LogP contribution is -2.17. The van der Waals surface area contributed by atoms with E-state index >= 15 is 0 Å². The molecule has 100 valence electrons. The van der Waals surface area contributed by atoms with Crippen LogP contribution in [0.4, 0.5) is 0 Å². The Morgan fingerprint density at radius 2 is 1.78 bits per heavy atom. The molecule has 1 aromatic carbocycles. The van der Waals surface area contributed by atoms with E-state index in [0.29, 0.717) is 0 Å². The second-order valence-corrected chi connectivity index (χ2v) is 6.08. The molecule has 0 N–H and O–H groups in total. The van der Waals surface area contributed by atoms with Crippen molar-refractivity contribution in [3.63, 3.8) is 0 Å². The van der Waals surface area contributed by atoms with Crippen molar-refractivity contribution in [3.05, 3.63) is 29.8 Å². The van der Waals surface area contributed by atoms with E-state index in [2.05, 4.69) is 31.2 Å². The number of aryl methyl sites for hydroxylation is 1. The number of cyclic esters (lactones) is 1. The van der Waals surface area contributed by atoms with Crippen LogP contribution in [0.25, 0.3) is 0 Å². The van der Waals surface area contributed by atoms with Crippen LogP contribution in [-0.2, 0) is 9.53 Å². The van der Waals surface area contributed by atoms with E-state index in [0.717, 1.165) is 11.3 Å². The van der Waals surface area contributed by atoms with E-state index in [4.69, 9.17) is 4.74 Å². The van der Waals surface area contributed by atoms with E-state index in [9.17, 15) is 4.79 Å². The molecule has 0 aliphatic carbocycles. The molecule has 0 aromatic heterocycles. The van der Waals surface area contributed by atoms with Crippen molar-refractivity contribution < 1.29 is 9.53 Å². The maximum atomic E-state index is 11.6. The first-order chi connectivity index (χ1) is 8.46. The number of benzene rings is 1. The molecule has 18 heavy (non-hydrogen) atoms. The van der Waals surface area contributed by atoms with Crippen molar-refractivity contribution in [1.29, 1.82) is 0 Å². The first-order valence-electron chi connectivity index (χ1n) is 6.42. The van der Waals surface area contributed by atoms with Crippen LogP contribution in [0.3, 0.4) is 0 Å². The van der Waals surface area contributed by atoms with E-state index < -0.39 is 0 Å². The van der Waals surface area contributed by atoms with Crippen LogP contribution >= 0.6 is 11.8 Å². The zero-order chi connectivity index (χ0) is 13.8. The highest BCUT2D eigenvalue weighted by Gasteiger charge is 2.40. The average Bonchev–Trinajstić information content (AvgIpc) is 2.58. The van der Waals surface area contributed by atoms with Crippen LogP contribution in [0.5, 0.6) is 0 Å². The van der Waals surface area contributed by atoms with Gasteiger partial charge in [0.25, 0.3) is 0 Å². The Hall–Kier alpha value is -0.960. The van der Waals surface area contributed by atoms with Gasteiger partial charge in [0.05, 0.1) is 0 Å². The Morgan fingerprint density at radius 3 is 2.22 bits per heavy atom. The van der Waals surface area contributed by atoms with Crippen LogP contribution < -0.4 is 0 Å². The summed E-state index contributed by atoms with van der Waals surface area (Å²) in [7, 11) is 0. The van der Waals surface area contributed by atoms with Crippen molar-refractivity contribution in [2.75, 3.05) is 0 Å². The van der Waals surface area contributed by atoms with Gasteiger partial charge in [-0.1, -0.05) is 31.5 Å². The highest BCUT2D eigenvalue weighted by Crippen LogP contribution is 2.36. The molecule has 0 radical (unpaired) electrons. The van der Waals surface area contributed by atoms with Crippen molar-refractivity contribution in [1.82, 2.24) is 0 Å². The van der Waals surface area contributed by atoms with Gasteiger partial charge in [0.2, 0.25) is 0 Å². The minimum absolute atomic E-state index is 0.0577. The Kier molecular flexibility index (Phi) is 5.27. The summed E-state index contributed by atoms with van der Waals surface area (Å²) in [5, 5.41) is -0.0577. The molecule has 1 heterocycles. The summed E-state index contributed by atoms with van der Waals surface area (Å²) in [6.45, 7) is 9.97. The predicted octanol–water partition coefficient (Wildman–Crippen LogP) is 4.21. The van der Waals surface area contributed by atoms with Gasteiger partial charge in [0, 0.05) is 11.3 Å². The minimum Gasteiger partial charge on any atom is -0.459 e. The van der Waals surface area contributed by atoms with Gasteiger partial charge < -0.3 is 4.74 Å². The SMILES string of the molecule is CC.Cc1ccc(SC2CC(C)(C)OC2=O)cc1. The first kappa shape index (κ1) is 15.1. The molecular weight excluding hydrogens is 244 g/mol. The fraction of sp³-hybridized carbons (Fsp3) is 0.533. The lowest BCUT2D eigenvalue weighted by atomic mass is 10.1. The number of ether oxygens (including phenoxy) is 1. The number of rotatable bonds is 2. The molecule has 2 rings (SSSR count). The molecule has 1 atom stereocenters. The Labute approximate surface area is 114 Å². The van der Waals surface area contributed by atoms with Crippen LogP contribution in [-0.4, -0.2) is 16.8 Å². The molecule has 1 fully saturated rings. The molecule has 0 bridgehead atoms. The zero-order valence-electron chi connectivity index (χ0n) is 11.8. The summed E-state index contributed by atoms with van der Waals surface area (Å²) in [5.74, 6) is -0.0874. The predicted molar refractivity (Wildman–Crippen MR) is 77.0 cm³/mol. The summed E-state index contributed by atoms with van der Waals surface area (Å²) in [6.07, 6.45) is 0.782. The number of thioether (sulfide) groups is 1. The van der Waals surface area contributed by atoms with E-state index in [1.807, 2.05) is 27.7 Å². The van der Waals surface area contributed by atoms with Crippen molar-refractivity contribution >= 4 is 17.7 Å². The third kappa shape index (κ3) is 4.05. The van der Waals surface area contributed by atoms with E-state index in [-0.39, 0.29) is 16.8 Å². The maximum Gasteiger partial charge on any atom is 0.320 e. The second-order valence-electron chi connectivity index (χ2n) is 4.80. The lowest BCUT2D eigenvalue weighted by molar-refractivity contribution is -0.145. The second kappa shape index (κ2) is 6.28. The molecular formula is C15H22O2S. The number of carbonyl (C=O) groups excluding carboxylic acids is 1. The molecule has 1 aromatic rings. The largest absolute Gasteiger partial charge is 0.459 e. The van der Waals surface area contributed by atoms with Crippen LogP contribution in [0.15, 0.2) is 29.2 Å². The molecule has 1 saturated heterocycles. The topological polar surface area (TPSA) is 26.3 Å². The van der Waals surface area contributed by atoms with Gasteiger partial charge in [-0.2, -0.15) is 0 Å². The molecule has 1 aliphatic heterocycles. The highest BCUT2D eigenvalue weighted by molar-refractivity contribution is 8.00. The van der Waals surface area contributed by atoms with Crippen molar-refractivity contribution in [3.8, 4) is 0 Å². The maximum absolute atomic E-state index is 11.6. The first-order valence-corrected chi connectivity index (χ1v) is 7.30. The molecule has 0 spiro atoms. The summed E-state index contributed by atoms with van der Waals surface area (Å²) < 4.78 is 5.30. The zero-order valence-corrected chi connectivity index (χ0v) is 12.6. The van der Waals surface area contributed by atoms with Crippen LogP contribution in [0.2, 0.25) is 0 Å². The van der Waals surface area contributed by atoms with Gasteiger partial charge in [-0.05, 0) is 32.9 Å². The average molecular weight is 266 g/mol. The van der Waals surface area contributed by atoms with Crippen LogP contribution in [0.1, 0.15) is 39.7 Å². The normalized spacial score (nSPS) is 20.9. The quantitative estimate of drug-likeness (QED) is 0.750. The molecule has 2 nitrogen and oxygen atoms in total. The number of hydrogen-bond donors (Lipinski definition) is 0. The monoisotopic (exact) mass is 266 g/mol. The van der Waals surface area contributed by atoms with E-state index in [1.165, 1.54) is 5.56 Å². The third-order valence-corrected chi connectivity index (χ3v) is 3.80. The summed E-state index contributed by atoms with van der Waals surface area (Å²) in [5.41, 5.74) is 0.929. The van der Waals surface area contributed by atoms with Crippen LogP contribution in [0, 0.1) is 6.92 Å². The van der Waals surface area contributed by atoms with Gasteiger partial charge in [0.1, 0.15) is 10.9 Å². The van der Waals surface area contributed by atoms with Gasteiger partial charge in [-0.25, -0.2) is 0 Å². The summed E-state index contributed by atoms with van der Waals surface area (Å²) >= 11 is 1.60. The number of hydrogen-bond acceptors (Lipinski definition) is 3. The Morgan fingerprint density at radius 1 is 1.22 bits per heavy atom. The molecule has 0 saturated carbocycles. The Balaban J connectivity index is 0.000000771. The van der Waals surface area contributed by atoms with Gasteiger partial charge >= 0.3 is 5.97 Å². The van der Waals surface area contributed by atoms with E-state index in [1.54, 1.807) is 11.8 Å². The number of esters is 1. The molecule has 1 aliphatic rings.